The second-order valence-electron chi connectivity index (χ2n) is 3.09. The van der Waals surface area contributed by atoms with Crippen LogP contribution in [0.3, 0.4) is 0 Å². The van der Waals surface area contributed by atoms with E-state index in [1.54, 1.807) is 6.07 Å². The smallest absolute Gasteiger partial charge is 0.251 e. The zero-order chi connectivity index (χ0) is 11.1. The quantitative estimate of drug-likeness (QED) is 0.586. The molecule has 0 fully saturated rings. The second kappa shape index (κ2) is 6.24. The number of unbranched alkanes of at least 4 members (excludes halogenated alkanes) is 1. The highest BCUT2D eigenvalue weighted by Crippen LogP contribution is 1.94. The summed E-state index contributed by atoms with van der Waals surface area (Å²) in [5, 5.41) is 2.71. The van der Waals surface area contributed by atoms with Crippen LogP contribution < -0.4 is 10.9 Å². The van der Waals surface area contributed by atoms with Crippen molar-refractivity contribution in [1.82, 2.24) is 10.3 Å². The molecule has 0 atom stereocenters. The molecule has 0 aliphatic heterocycles. The average Bonchev–Trinajstić information content (AvgIpc) is 2.24. The van der Waals surface area contributed by atoms with Gasteiger partial charge in [-0.25, -0.2) is 0 Å². The molecule has 0 radical (unpaired) electrons. The van der Waals surface area contributed by atoms with Gasteiger partial charge in [0.15, 0.2) is 0 Å². The largest absolute Gasteiger partial charge is 0.352 e. The molecule has 0 spiro atoms. The molecule has 1 heterocycles. The van der Waals surface area contributed by atoms with Crippen molar-refractivity contribution in [2.45, 2.75) is 12.8 Å². The summed E-state index contributed by atoms with van der Waals surface area (Å²) in [4.78, 5) is 24.8. The molecule has 0 aliphatic rings. The molecular formula is C10H13ClN2O2. The highest BCUT2D eigenvalue weighted by molar-refractivity contribution is 6.17. The van der Waals surface area contributed by atoms with E-state index >= 15 is 0 Å². The van der Waals surface area contributed by atoms with Crippen molar-refractivity contribution < 1.29 is 4.79 Å². The summed E-state index contributed by atoms with van der Waals surface area (Å²) >= 11 is 5.50. The van der Waals surface area contributed by atoms with E-state index in [1.165, 1.54) is 12.3 Å². The molecule has 0 saturated heterocycles. The average molecular weight is 229 g/mol. The van der Waals surface area contributed by atoms with Gasteiger partial charge in [-0.2, -0.15) is 0 Å². The van der Waals surface area contributed by atoms with Crippen molar-refractivity contribution in [2.24, 2.45) is 0 Å². The number of amides is 1. The fourth-order valence-electron chi connectivity index (χ4n) is 1.11. The van der Waals surface area contributed by atoms with Crippen molar-refractivity contribution in [3.05, 3.63) is 34.2 Å². The lowest BCUT2D eigenvalue weighted by atomic mass is 10.2. The third-order valence-electron chi connectivity index (χ3n) is 1.88. The van der Waals surface area contributed by atoms with Gasteiger partial charge < -0.3 is 10.3 Å². The Labute approximate surface area is 92.7 Å². The van der Waals surface area contributed by atoms with Crippen molar-refractivity contribution in [1.29, 1.82) is 0 Å². The molecule has 0 aromatic carbocycles. The first kappa shape index (κ1) is 11.8. The number of nitrogens with one attached hydrogen (secondary N) is 2. The molecular weight excluding hydrogens is 216 g/mol. The number of pyridine rings is 1. The summed E-state index contributed by atoms with van der Waals surface area (Å²) < 4.78 is 0. The highest BCUT2D eigenvalue weighted by atomic mass is 35.5. The number of aromatic nitrogens is 1. The minimum atomic E-state index is -0.275. The van der Waals surface area contributed by atoms with Gasteiger partial charge in [-0.15, -0.1) is 11.6 Å². The van der Waals surface area contributed by atoms with Crippen molar-refractivity contribution in [3.8, 4) is 0 Å². The Kier molecular flexibility index (Phi) is 4.90. The zero-order valence-electron chi connectivity index (χ0n) is 8.25. The number of carbonyl (C=O) groups is 1. The molecule has 1 rings (SSSR count). The van der Waals surface area contributed by atoms with Gasteiger partial charge in [0, 0.05) is 30.3 Å². The molecule has 15 heavy (non-hydrogen) atoms. The lowest BCUT2D eigenvalue weighted by Crippen LogP contribution is -2.25. The maximum Gasteiger partial charge on any atom is 0.251 e. The number of hydrogen-bond acceptors (Lipinski definition) is 2. The van der Waals surface area contributed by atoms with Gasteiger partial charge in [0.2, 0.25) is 5.56 Å². The van der Waals surface area contributed by atoms with Crippen LogP contribution in [0.25, 0.3) is 0 Å². The lowest BCUT2D eigenvalue weighted by molar-refractivity contribution is 0.0953. The monoisotopic (exact) mass is 228 g/mol. The minimum absolute atomic E-state index is 0.226. The third-order valence-corrected chi connectivity index (χ3v) is 2.15. The van der Waals surface area contributed by atoms with Gasteiger partial charge in [-0.3, -0.25) is 9.59 Å². The number of carbonyl (C=O) groups excluding carboxylic acids is 1. The Morgan fingerprint density at radius 3 is 2.93 bits per heavy atom. The number of alkyl halides is 1. The van der Waals surface area contributed by atoms with Gasteiger partial charge in [0.1, 0.15) is 0 Å². The van der Waals surface area contributed by atoms with Crippen LogP contribution in [0.15, 0.2) is 23.1 Å². The fraction of sp³-hybridized carbons (Fsp3) is 0.400. The maximum absolute atomic E-state index is 11.5. The van der Waals surface area contributed by atoms with Crippen molar-refractivity contribution in [2.75, 3.05) is 12.4 Å². The predicted octanol–water partition coefficient (Wildman–Crippen LogP) is 1.12. The van der Waals surface area contributed by atoms with E-state index in [0.29, 0.717) is 18.0 Å². The van der Waals surface area contributed by atoms with E-state index in [0.717, 1.165) is 12.8 Å². The molecule has 1 aromatic rings. The molecule has 0 unspecified atom stereocenters. The van der Waals surface area contributed by atoms with E-state index in [9.17, 15) is 9.59 Å². The molecule has 1 aromatic heterocycles. The van der Waals surface area contributed by atoms with Crippen LogP contribution in [0.1, 0.15) is 23.2 Å². The SMILES string of the molecule is O=C(NCCCCCl)c1cc[nH]c(=O)c1. The first-order valence-corrected chi connectivity index (χ1v) is 5.30. The summed E-state index contributed by atoms with van der Waals surface area (Å²) in [5.41, 5.74) is 0.105. The van der Waals surface area contributed by atoms with Crippen molar-refractivity contribution >= 4 is 17.5 Å². The number of halogens is 1. The normalized spacial score (nSPS) is 9.93. The summed E-state index contributed by atoms with van der Waals surface area (Å²) in [6.07, 6.45) is 3.17. The van der Waals surface area contributed by atoms with E-state index in [1.807, 2.05) is 0 Å². The first-order valence-electron chi connectivity index (χ1n) is 4.77. The van der Waals surface area contributed by atoms with Crippen molar-refractivity contribution in [3.63, 3.8) is 0 Å². The predicted molar refractivity (Wildman–Crippen MR) is 59.3 cm³/mol. The third kappa shape index (κ3) is 4.16. The Morgan fingerprint density at radius 1 is 1.47 bits per heavy atom. The van der Waals surface area contributed by atoms with Gasteiger partial charge in [-0.05, 0) is 18.9 Å². The van der Waals surface area contributed by atoms with Gasteiger partial charge >= 0.3 is 0 Å². The van der Waals surface area contributed by atoms with E-state index in [2.05, 4.69) is 10.3 Å². The molecule has 4 nitrogen and oxygen atoms in total. The fourth-order valence-corrected chi connectivity index (χ4v) is 1.30. The molecule has 1 amide bonds. The van der Waals surface area contributed by atoms with E-state index in [-0.39, 0.29) is 11.5 Å². The zero-order valence-corrected chi connectivity index (χ0v) is 9.01. The van der Waals surface area contributed by atoms with E-state index < -0.39 is 0 Å². The standard InChI is InChI=1S/C10H13ClN2O2/c11-4-1-2-5-13-10(15)8-3-6-12-9(14)7-8/h3,6-7H,1-2,4-5H2,(H,12,14)(H,13,15). The first-order chi connectivity index (χ1) is 7.24. The highest BCUT2D eigenvalue weighted by Gasteiger charge is 2.03. The van der Waals surface area contributed by atoms with Gasteiger partial charge in [0.05, 0.1) is 0 Å². The van der Waals surface area contributed by atoms with Gasteiger partial charge in [-0.1, -0.05) is 0 Å². The Bertz CT molecular complexity index is 376. The van der Waals surface area contributed by atoms with Crippen LogP contribution >= 0.6 is 11.6 Å². The van der Waals surface area contributed by atoms with Crippen LogP contribution in [0, 0.1) is 0 Å². The molecule has 82 valence electrons. The maximum atomic E-state index is 11.5. The minimum Gasteiger partial charge on any atom is -0.352 e. The number of aromatic amines is 1. The van der Waals surface area contributed by atoms with Crippen LogP contribution in [-0.2, 0) is 0 Å². The molecule has 2 N–H and O–H groups in total. The van der Waals surface area contributed by atoms with Gasteiger partial charge in [0.25, 0.3) is 5.91 Å². The number of rotatable bonds is 5. The molecule has 0 aliphatic carbocycles. The Morgan fingerprint density at radius 2 is 2.27 bits per heavy atom. The van der Waals surface area contributed by atoms with Crippen LogP contribution in [0.4, 0.5) is 0 Å². The molecule has 0 bridgehead atoms. The Balaban J connectivity index is 2.44. The summed E-state index contributed by atoms with van der Waals surface area (Å²) in [6, 6.07) is 2.84. The molecule has 0 saturated carbocycles. The summed E-state index contributed by atoms with van der Waals surface area (Å²) in [7, 11) is 0. The van der Waals surface area contributed by atoms with Crippen LogP contribution in [0.2, 0.25) is 0 Å². The van der Waals surface area contributed by atoms with Crippen LogP contribution in [0.5, 0.6) is 0 Å². The molecule has 5 heteroatoms. The lowest BCUT2D eigenvalue weighted by Gasteiger charge is -2.03. The number of H-pyrrole nitrogens is 1. The summed E-state index contributed by atoms with van der Waals surface area (Å²) in [5.74, 6) is 0.372. The summed E-state index contributed by atoms with van der Waals surface area (Å²) in [6.45, 7) is 0.582. The number of hydrogen-bond donors (Lipinski definition) is 2. The topological polar surface area (TPSA) is 62.0 Å². The van der Waals surface area contributed by atoms with E-state index in [4.69, 9.17) is 11.6 Å². The second-order valence-corrected chi connectivity index (χ2v) is 3.47. The van der Waals surface area contributed by atoms with Crippen LogP contribution in [-0.4, -0.2) is 23.3 Å². The Hall–Kier alpha value is -1.29.